The van der Waals surface area contributed by atoms with E-state index in [9.17, 15) is 18.4 Å². The molecule has 0 aliphatic heterocycles. The molecule has 4 nitrogen and oxygen atoms in total. The predicted molar refractivity (Wildman–Crippen MR) is 126 cm³/mol. The van der Waals surface area contributed by atoms with E-state index in [0.717, 1.165) is 21.9 Å². The zero-order chi connectivity index (χ0) is 24.2. The van der Waals surface area contributed by atoms with E-state index in [4.69, 9.17) is 9.47 Å². The molecule has 6 heteroatoms. The number of halogens is 2. The van der Waals surface area contributed by atoms with Crippen molar-refractivity contribution in [2.75, 3.05) is 13.2 Å². The second kappa shape index (κ2) is 9.83. The van der Waals surface area contributed by atoms with Gasteiger partial charge >= 0.3 is 0 Å². The Labute approximate surface area is 195 Å². The topological polar surface area (TPSA) is 52.6 Å². The van der Waals surface area contributed by atoms with E-state index in [1.165, 1.54) is 48.5 Å². The fraction of sp³-hybridized carbons (Fsp3) is 0.143. The van der Waals surface area contributed by atoms with Gasteiger partial charge in [-0.15, -0.1) is 0 Å². The number of hydrogen-bond acceptors (Lipinski definition) is 4. The molecule has 0 atom stereocenters. The highest BCUT2D eigenvalue weighted by atomic mass is 19.1. The van der Waals surface area contributed by atoms with Gasteiger partial charge in [-0.3, -0.25) is 9.59 Å². The average Bonchev–Trinajstić information content (AvgIpc) is 2.83. The maximum Gasteiger partial charge on any atom is 0.200 e. The Morgan fingerprint density at radius 1 is 0.588 bits per heavy atom. The van der Waals surface area contributed by atoms with Gasteiger partial charge in [0, 0.05) is 21.9 Å². The molecule has 0 saturated heterocycles. The van der Waals surface area contributed by atoms with Crippen LogP contribution < -0.4 is 9.47 Å². The Bertz CT molecular complexity index is 1250. The SMILES string of the molecule is Cc1ccc2c(OCC(=O)c3ccc(F)cc3)c(C)ccc2c1OCC(=O)c1ccc(F)cc1. The number of Topliss-reactive ketones (excluding diaryl/α,β-unsaturated/α-hetero) is 2. The van der Waals surface area contributed by atoms with E-state index in [-0.39, 0.29) is 24.8 Å². The van der Waals surface area contributed by atoms with Gasteiger partial charge in [-0.05, 0) is 73.5 Å². The lowest BCUT2D eigenvalue weighted by atomic mass is 10.0. The highest BCUT2D eigenvalue weighted by Gasteiger charge is 2.16. The van der Waals surface area contributed by atoms with Crippen LogP contribution in [0.5, 0.6) is 11.5 Å². The zero-order valence-electron chi connectivity index (χ0n) is 18.7. The van der Waals surface area contributed by atoms with Gasteiger partial charge in [-0.25, -0.2) is 8.78 Å². The molecule has 0 fully saturated rings. The second-order valence-electron chi connectivity index (χ2n) is 7.96. The van der Waals surface area contributed by atoms with Crippen LogP contribution in [0, 0.1) is 25.5 Å². The van der Waals surface area contributed by atoms with Crippen LogP contribution in [0.3, 0.4) is 0 Å². The number of fused-ring (bicyclic) bond motifs is 1. The molecule has 0 amide bonds. The summed E-state index contributed by atoms with van der Waals surface area (Å²) in [6.07, 6.45) is 0. The highest BCUT2D eigenvalue weighted by molar-refractivity contribution is 5.99. The molecule has 0 aliphatic rings. The third kappa shape index (κ3) is 4.96. The minimum atomic E-state index is -0.414. The van der Waals surface area contributed by atoms with Crippen LogP contribution >= 0.6 is 0 Å². The van der Waals surface area contributed by atoms with Crippen molar-refractivity contribution in [2.45, 2.75) is 13.8 Å². The molecule has 0 bridgehead atoms. The predicted octanol–water partition coefficient (Wildman–Crippen LogP) is 6.26. The molecule has 4 aromatic rings. The van der Waals surface area contributed by atoms with Crippen LogP contribution in [-0.2, 0) is 0 Å². The van der Waals surface area contributed by atoms with Gasteiger partial charge in [0.2, 0.25) is 0 Å². The first-order valence-electron chi connectivity index (χ1n) is 10.7. The van der Waals surface area contributed by atoms with Crippen molar-refractivity contribution in [3.63, 3.8) is 0 Å². The second-order valence-corrected chi connectivity index (χ2v) is 7.96. The highest BCUT2D eigenvalue weighted by Crippen LogP contribution is 2.37. The van der Waals surface area contributed by atoms with Crippen LogP contribution in [0.15, 0.2) is 72.8 Å². The smallest absolute Gasteiger partial charge is 0.200 e. The van der Waals surface area contributed by atoms with Gasteiger partial charge in [0.15, 0.2) is 24.8 Å². The first-order chi connectivity index (χ1) is 16.3. The van der Waals surface area contributed by atoms with Gasteiger partial charge in [0.05, 0.1) is 0 Å². The Kier molecular flexibility index (Phi) is 6.68. The largest absolute Gasteiger partial charge is 0.485 e. The lowest BCUT2D eigenvalue weighted by molar-refractivity contribution is 0.0914. The lowest BCUT2D eigenvalue weighted by Crippen LogP contribution is -2.13. The standard InChI is InChI=1S/C28H22F2O4/c1-17-3-13-24-23(27(17)33-15-25(31)19-5-9-21(29)10-6-19)14-4-18(2)28(24)34-16-26(32)20-7-11-22(30)12-8-20/h3-14H,15-16H2,1-2H3. The fourth-order valence-electron chi connectivity index (χ4n) is 3.67. The molecular weight excluding hydrogens is 438 g/mol. The Morgan fingerprint density at radius 3 is 1.29 bits per heavy atom. The van der Waals surface area contributed by atoms with Gasteiger partial charge < -0.3 is 9.47 Å². The van der Waals surface area contributed by atoms with Gasteiger partial charge in [-0.2, -0.15) is 0 Å². The summed E-state index contributed by atoms with van der Waals surface area (Å²) in [5, 5.41) is 1.48. The summed E-state index contributed by atoms with van der Waals surface area (Å²) in [4.78, 5) is 25.0. The van der Waals surface area contributed by atoms with Crippen LogP contribution in [0.2, 0.25) is 0 Å². The lowest BCUT2D eigenvalue weighted by Gasteiger charge is -2.16. The summed E-state index contributed by atoms with van der Waals surface area (Å²) in [6, 6.07) is 18.1. The van der Waals surface area contributed by atoms with Crippen LogP contribution in [0.25, 0.3) is 10.8 Å². The molecule has 0 saturated carbocycles. The zero-order valence-corrected chi connectivity index (χ0v) is 18.7. The minimum absolute atomic E-state index is 0.210. The molecule has 4 rings (SSSR count). The fourth-order valence-corrected chi connectivity index (χ4v) is 3.67. The molecule has 0 radical (unpaired) electrons. The van der Waals surface area contributed by atoms with E-state index < -0.39 is 11.6 Å². The van der Waals surface area contributed by atoms with Crippen molar-refractivity contribution in [1.29, 1.82) is 0 Å². The van der Waals surface area contributed by atoms with Crippen molar-refractivity contribution in [3.05, 3.63) is 107 Å². The van der Waals surface area contributed by atoms with E-state index in [1.54, 1.807) is 0 Å². The van der Waals surface area contributed by atoms with Crippen molar-refractivity contribution in [2.24, 2.45) is 0 Å². The van der Waals surface area contributed by atoms with E-state index >= 15 is 0 Å². The summed E-state index contributed by atoms with van der Waals surface area (Å²) in [5.74, 6) is -0.313. The molecule has 0 aromatic heterocycles. The molecule has 172 valence electrons. The Morgan fingerprint density at radius 2 is 0.941 bits per heavy atom. The number of carbonyl (C=O) groups is 2. The first-order valence-corrected chi connectivity index (χ1v) is 10.7. The monoisotopic (exact) mass is 460 g/mol. The summed E-state index contributed by atoms with van der Waals surface area (Å²) in [7, 11) is 0. The van der Waals surface area contributed by atoms with Gasteiger partial charge in [0.1, 0.15) is 23.1 Å². The number of ether oxygens (including phenoxy) is 2. The summed E-state index contributed by atoms with van der Waals surface area (Å²) < 4.78 is 38.1. The third-order valence-corrected chi connectivity index (χ3v) is 5.52. The molecule has 0 unspecified atom stereocenters. The Hall–Kier alpha value is -4.06. The molecule has 0 spiro atoms. The number of carbonyl (C=O) groups excluding carboxylic acids is 2. The third-order valence-electron chi connectivity index (χ3n) is 5.52. The number of hydrogen-bond donors (Lipinski definition) is 0. The molecule has 34 heavy (non-hydrogen) atoms. The molecule has 0 heterocycles. The Balaban J connectivity index is 1.57. The van der Waals surface area contributed by atoms with Crippen molar-refractivity contribution < 1.29 is 27.8 Å². The first kappa shape index (κ1) is 23.1. The van der Waals surface area contributed by atoms with Gasteiger partial charge in [0.25, 0.3) is 0 Å². The molecular formula is C28H22F2O4. The summed E-state index contributed by atoms with van der Waals surface area (Å²) in [6.45, 7) is 3.32. The summed E-state index contributed by atoms with van der Waals surface area (Å²) >= 11 is 0. The minimum Gasteiger partial charge on any atom is -0.485 e. The number of ketones is 2. The van der Waals surface area contributed by atoms with Gasteiger partial charge in [-0.1, -0.05) is 24.3 Å². The number of benzene rings is 4. The van der Waals surface area contributed by atoms with Crippen molar-refractivity contribution >= 4 is 22.3 Å². The molecule has 0 aliphatic carbocycles. The maximum atomic E-state index is 13.1. The summed E-state index contributed by atoms with van der Waals surface area (Å²) in [5.41, 5.74) is 2.38. The number of aryl methyl sites for hydroxylation is 2. The van der Waals surface area contributed by atoms with Crippen molar-refractivity contribution in [3.8, 4) is 11.5 Å². The van der Waals surface area contributed by atoms with Crippen LogP contribution in [-0.4, -0.2) is 24.8 Å². The van der Waals surface area contributed by atoms with E-state index in [2.05, 4.69) is 0 Å². The molecule has 0 N–H and O–H groups in total. The quantitative estimate of drug-likeness (QED) is 0.291. The normalized spacial score (nSPS) is 10.8. The average molecular weight is 460 g/mol. The van der Waals surface area contributed by atoms with Crippen LogP contribution in [0.4, 0.5) is 8.78 Å². The van der Waals surface area contributed by atoms with E-state index in [1.807, 2.05) is 38.1 Å². The number of rotatable bonds is 8. The van der Waals surface area contributed by atoms with Crippen LogP contribution in [0.1, 0.15) is 31.8 Å². The molecule has 4 aromatic carbocycles. The van der Waals surface area contributed by atoms with E-state index in [0.29, 0.717) is 22.6 Å². The maximum absolute atomic E-state index is 13.1. The van der Waals surface area contributed by atoms with Crippen molar-refractivity contribution in [1.82, 2.24) is 0 Å².